The van der Waals surface area contributed by atoms with Gasteiger partial charge in [-0.15, -0.1) is 0 Å². The van der Waals surface area contributed by atoms with Gasteiger partial charge in [0, 0.05) is 6.54 Å². The highest BCUT2D eigenvalue weighted by Crippen LogP contribution is 2.47. The molecule has 1 aliphatic carbocycles. The van der Waals surface area contributed by atoms with Crippen LogP contribution in [0.5, 0.6) is 0 Å². The van der Waals surface area contributed by atoms with E-state index >= 15 is 0 Å². The molecule has 0 N–H and O–H groups in total. The summed E-state index contributed by atoms with van der Waals surface area (Å²) in [4.78, 5) is 2.50. The summed E-state index contributed by atoms with van der Waals surface area (Å²) in [6, 6.07) is 0. The van der Waals surface area contributed by atoms with Crippen LogP contribution in [0, 0.1) is 11.3 Å². The van der Waals surface area contributed by atoms with Gasteiger partial charge in [-0.25, -0.2) is 0 Å². The van der Waals surface area contributed by atoms with Crippen molar-refractivity contribution < 1.29 is 0 Å². The molecule has 64 valence electrons. The molecule has 2 atom stereocenters. The number of nitrogens with zero attached hydrogens (tertiary/aromatic N) is 1. The molecule has 2 aliphatic rings. The molecule has 1 aliphatic heterocycles. The highest BCUT2D eigenvalue weighted by atomic mass is 15.1. The van der Waals surface area contributed by atoms with Crippen LogP contribution in [0.2, 0.25) is 0 Å². The zero-order valence-electron chi connectivity index (χ0n) is 7.77. The molecule has 11 heavy (non-hydrogen) atoms. The van der Waals surface area contributed by atoms with Crippen LogP contribution >= 0.6 is 0 Å². The molecule has 1 heterocycles. The molecule has 0 amide bonds. The van der Waals surface area contributed by atoms with Crippen LogP contribution < -0.4 is 0 Å². The molecule has 2 rings (SSSR count). The molecule has 1 nitrogen and oxygen atoms in total. The Balaban J connectivity index is 2.02. The van der Waals surface area contributed by atoms with E-state index in [-0.39, 0.29) is 0 Å². The molecule has 0 radical (unpaired) electrons. The minimum Gasteiger partial charge on any atom is -0.306 e. The zero-order chi connectivity index (χ0) is 7.90. The van der Waals surface area contributed by atoms with Gasteiger partial charge in [0.2, 0.25) is 0 Å². The van der Waals surface area contributed by atoms with E-state index in [1.807, 2.05) is 0 Å². The number of likely N-dealkylation sites (tertiary alicyclic amines) is 1. The summed E-state index contributed by atoms with van der Waals surface area (Å²) >= 11 is 0. The van der Waals surface area contributed by atoms with Crippen LogP contribution in [0.15, 0.2) is 0 Å². The lowest BCUT2D eigenvalue weighted by atomic mass is 9.85. The third-order valence-corrected chi connectivity index (χ3v) is 3.58. The van der Waals surface area contributed by atoms with Gasteiger partial charge in [-0.05, 0) is 44.2 Å². The van der Waals surface area contributed by atoms with Crippen molar-refractivity contribution in [3.63, 3.8) is 0 Å². The second kappa shape index (κ2) is 2.48. The van der Waals surface area contributed by atoms with Gasteiger partial charge in [-0.1, -0.05) is 13.3 Å². The largest absolute Gasteiger partial charge is 0.306 e. The fraction of sp³-hybridized carbons (Fsp3) is 1.00. The van der Waals surface area contributed by atoms with E-state index in [0.29, 0.717) is 0 Å². The third kappa shape index (κ3) is 1.31. The van der Waals surface area contributed by atoms with Gasteiger partial charge < -0.3 is 4.90 Å². The lowest BCUT2D eigenvalue weighted by Crippen LogP contribution is -2.21. The lowest BCUT2D eigenvalue weighted by Gasteiger charge is -2.22. The first-order chi connectivity index (χ1) is 5.20. The van der Waals surface area contributed by atoms with Crippen LogP contribution in [0.4, 0.5) is 0 Å². The van der Waals surface area contributed by atoms with Crippen LogP contribution in [0.1, 0.15) is 32.6 Å². The Labute approximate surface area is 69.8 Å². The molecular weight excluding hydrogens is 134 g/mol. The second-order valence-electron chi connectivity index (χ2n) is 4.84. The average Bonchev–Trinajstić information content (AvgIpc) is 2.44. The van der Waals surface area contributed by atoms with E-state index in [9.17, 15) is 0 Å². The topological polar surface area (TPSA) is 3.24 Å². The van der Waals surface area contributed by atoms with E-state index in [1.165, 1.54) is 38.8 Å². The molecule has 1 heteroatoms. The summed E-state index contributed by atoms with van der Waals surface area (Å²) in [5.41, 5.74) is 0.758. The Bertz CT molecular complexity index is 135. The standard InChI is InChI=1S/C10H19N/c1-9-3-4-10(7-9)5-6-11(2)8-10/h9H,3-8H2,1-2H3. The summed E-state index contributed by atoms with van der Waals surface area (Å²) in [6.07, 6.45) is 5.94. The van der Waals surface area contributed by atoms with Crippen molar-refractivity contribution >= 4 is 0 Å². The van der Waals surface area contributed by atoms with E-state index in [4.69, 9.17) is 0 Å². The molecule has 1 spiro atoms. The predicted molar refractivity (Wildman–Crippen MR) is 47.6 cm³/mol. The Hall–Kier alpha value is -0.0400. The van der Waals surface area contributed by atoms with Crippen LogP contribution in [-0.2, 0) is 0 Å². The third-order valence-electron chi connectivity index (χ3n) is 3.58. The summed E-state index contributed by atoms with van der Waals surface area (Å²) in [7, 11) is 2.26. The quantitative estimate of drug-likeness (QED) is 0.515. The maximum absolute atomic E-state index is 2.50. The number of hydrogen-bond donors (Lipinski definition) is 0. The smallest absolute Gasteiger partial charge is 0.00355 e. The summed E-state index contributed by atoms with van der Waals surface area (Å²) in [6.45, 7) is 5.12. The van der Waals surface area contributed by atoms with E-state index in [2.05, 4.69) is 18.9 Å². The molecule has 1 saturated heterocycles. The van der Waals surface area contributed by atoms with Crippen molar-refractivity contribution in [1.82, 2.24) is 4.90 Å². The zero-order valence-corrected chi connectivity index (χ0v) is 7.77. The maximum atomic E-state index is 2.50. The fourth-order valence-electron chi connectivity index (χ4n) is 3.03. The predicted octanol–water partition coefficient (Wildman–Crippen LogP) is 2.13. The van der Waals surface area contributed by atoms with E-state index in [1.54, 1.807) is 0 Å². The van der Waals surface area contributed by atoms with Gasteiger partial charge in [0.1, 0.15) is 0 Å². The van der Waals surface area contributed by atoms with Crippen LogP contribution in [0.25, 0.3) is 0 Å². The summed E-state index contributed by atoms with van der Waals surface area (Å²) in [5, 5.41) is 0. The Morgan fingerprint density at radius 1 is 1.36 bits per heavy atom. The molecule has 2 unspecified atom stereocenters. The molecule has 2 fully saturated rings. The van der Waals surface area contributed by atoms with E-state index < -0.39 is 0 Å². The molecule has 0 aromatic carbocycles. The highest BCUT2D eigenvalue weighted by Gasteiger charge is 2.41. The Kier molecular flexibility index (Phi) is 1.71. The first kappa shape index (κ1) is 7.60. The minimum absolute atomic E-state index is 0.758. The lowest BCUT2D eigenvalue weighted by molar-refractivity contribution is 0.281. The van der Waals surface area contributed by atoms with E-state index in [0.717, 1.165) is 11.3 Å². The van der Waals surface area contributed by atoms with Gasteiger partial charge in [-0.2, -0.15) is 0 Å². The van der Waals surface area contributed by atoms with Gasteiger partial charge in [0.15, 0.2) is 0 Å². The summed E-state index contributed by atoms with van der Waals surface area (Å²) in [5.74, 6) is 1.00. The van der Waals surface area contributed by atoms with Crippen molar-refractivity contribution in [1.29, 1.82) is 0 Å². The molecule has 1 saturated carbocycles. The molecule has 0 aromatic heterocycles. The Morgan fingerprint density at radius 3 is 2.64 bits per heavy atom. The van der Waals surface area contributed by atoms with Crippen molar-refractivity contribution in [2.45, 2.75) is 32.6 Å². The van der Waals surface area contributed by atoms with Gasteiger partial charge in [0.05, 0.1) is 0 Å². The number of rotatable bonds is 0. The highest BCUT2D eigenvalue weighted by molar-refractivity contribution is 4.94. The first-order valence-electron chi connectivity index (χ1n) is 4.89. The second-order valence-corrected chi connectivity index (χ2v) is 4.84. The van der Waals surface area contributed by atoms with Crippen LogP contribution in [-0.4, -0.2) is 25.0 Å². The van der Waals surface area contributed by atoms with Crippen molar-refractivity contribution in [3.05, 3.63) is 0 Å². The monoisotopic (exact) mass is 153 g/mol. The van der Waals surface area contributed by atoms with Crippen molar-refractivity contribution in [3.8, 4) is 0 Å². The van der Waals surface area contributed by atoms with Gasteiger partial charge in [-0.3, -0.25) is 0 Å². The van der Waals surface area contributed by atoms with Crippen LogP contribution in [0.3, 0.4) is 0 Å². The summed E-state index contributed by atoms with van der Waals surface area (Å²) < 4.78 is 0. The maximum Gasteiger partial charge on any atom is 0.00355 e. The van der Waals surface area contributed by atoms with Crippen molar-refractivity contribution in [2.24, 2.45) is 11.3 Å². The normalized spacial score (nSPS) is 45.8. The van der Waals surface area contributed by atoms with Gasteiger partial charge in [0.25, 0.3) is 0 Å². The molecular formula is C10H19N. The number of hydrogen-bond acceptors (Lipinski definition) is 1. The minimum atomic E-state index is 0.758. The van der Waals surface area contributed by atoms with Crippen molar-refractivity contribution in [2.75, 3.05) is 20.1 Å². The SMILES string of the molecule is CC1CCC2(CCN(C)C2)C1. The van der Waals surface area contributed by atoms with Gasteiger partial charge >= 0.3 is 0 Å². The Morgan fingerprint density at radius 2 is 2.18 bits per heavy atom. The average molecular weight is 153 g/mol. The molecule has 0 aromatic rings. The molecule has 0 bridgehead atoms. The fourth-order valence-corrected chi connectivity index (χ4v) is 3.03. The first-order valence-corrected chi connectivity index (χ1v) is 4.89.